The van der Waals surface area contributed by atoms with Gasteiger partial charge in [0.25, 0.3) is 0 Å². The smallest absolute Gasteiger partial charge is 0.0589 e. The van der Waals surface area contributed by atoms with Gasteiger partial charge in [0, 0.05) is 31.8 Å². The van der Waals surface area contributed by atoms with Crippen LogP contribution < -0.4 is 5.32 Å². The summed E-state index contributed by atoms with van der Waals surface area (Å²) >= 11 is 0. The van der Waals surface area contributed by atoms with Crippen molar-refractivity contribution in [2.75, 3.05) is 26.8 Å². The van der Waals surface area contributed by atoms with Crippen molar-refractivity contribution in [2.24, 2.45) is 0 Å². The van der Waals surface area contributed by atoms with E-state index in [0.29, 0.717) is 12.1 Å². The highest BCUT2D eigenvalue weighted by atomic mass is 16.5. The van der Waals surface area contributed by atoms with Gasteiger partial charge >= 0.3 is 0 Å². The minimum absolute atomic E-state index is 0.402. The Kier molecular flexibility index (Phi) is 6.68. The van der Waals surface area contributed by atoms with Crippen LogP contribution in [0.25, 0.3) is 0 Å². The van der Waals surface area contributed by atoms with Crippen molar-refractivity contribution < 1.29 is 4.74 Å². The Morgan fingerprint density at radius 2 is 1.95 bits per heavy atom. The van der Waals surface area contributed by atoms with E-state index < -0.39 is 0 Å². The van der Waals surface area contributed by atoms with E-state index in [1.165, 1.54) is 18.4 Å². The summed E-state index contributed by atoms with van der Waals surface area (Å²) in [6, 6.07) is 12.6. The molecule has 1 N–H and O–H groups in total. The molecule has 0 saturated heterocycles. The molecule has 1 fully saturated rings. The van der Waals surface area contributed by atoms with Crippen LogP contribution in [0.1, 0.15) is 44.7 Å². The van der Waals surface area contributed by atoms with Crippen molar-refractivity contribution in [2.45, 2.75) is 51.2 Å². The van der Waals surface area contributed by atoms with Crippen molar-refractivity contribution in [3.63, 3.8) is 0 Å². The van der Waals surface area contributed by atoms with Gasteiger partial charge in [0.15, 0.2) is 0 Å². The van der Waals surface area contributed by atoms with Gasteiger partial charge in [0.05, 0.1) is 6.61 Å². The second-order valence-electron chi connectivity index (χ2n) is 5.88. The average molecular weight is 290 g/mol. The van der Waals surface area contributed by atoms with E-state index in [4.69, 9.17) is 4.74 Å². The molecule has 2 atom stereocenters. The van der Waals surface area contributed by atoms with E-state index in [9.17, 15) is 0 Å². The van der Waals surface area contributed by atoms with Crippen LogP contribution in [0, 0.1) is 0 Å². The first-order chi connectivity index (χ1) is 10.3. The van der Waals surface area contributed by atoms with Gasteiger partial charge < -0.3 is 10.1 Å². The van der Waals surface area contributed by atoms with E-state index in [2.05, 4.69) is 54.4 Å². The van der Waals surface area contributed by atoms with Crippen LogP contribution >= 0.6 is 0 Å². The van der Waals surface area contributed by atoms with Crippen LogP contribution in [-0.4, -0.2) is 43.8 Å². The molecule has 3 heteroatoms. The maximum atomic E-state index is 5.33. The number of likely N-dealkylation sites (N-methyl/N-ethyl adjacent to an activating group) is 1. The summed E-state index contributed by atoms with van der Waals surface area (Å²) in [6.45, 7) is 7.35. The molecule has 118 valence electrons. The summed E-state index contributed by atoms with van der Waals surface area (Å²) in [5.41, 5.74) is 1.40. The maximum Gasteiger partial charge on any atom is 0.0589 e. The number of nitrogens with one attached hydrogen (secondary N) is 1. The summed E-state index contributed by atoms with van der Waals surface area (Å²) in [5.74, 6) is 0. The molecule has 1 aliphatic carbocycles. The highest BCUT2D eigenvalue weighted by Crippen LogP contribution is 2.33. The third-order valence-corrected chi connectivity index (χ3v) is 4.38. The standard InChI is InChI=1S/C18H30N2O/c1-4-17(20(13-14-21-3)16-11-12-16)18(19-5-2)15-9-7-6-8-10-15/h6-10,16-19H,4-5,11-14H2,1-3H3. The Labute approximate surface area is 129 Å². The predicted molar refractivity (Wildman–Crippen MR) is 88.5 cm³/mol. The van der Waals surface area contributed by atoms with Crippen LogP contribution in [-0.2, 0) is 4.74 Å². The van der Waals surface area contributed by atoms with Gasteiger partial charge in [-0.1, -0.05) is 44.2 Å². The summed E-state index contributed by atoms with van der Waals surface area (Å²) in [4.78, 5) is 2.67. The number of ether oxygens (including phenoxy) is 1. The lowest BCUT2D eigenvalue weighted by molar-refractivity contribution is 0.0931. The van der Waals surface area contributed by atoms with Gasteiger partial charge in [-0.2, -0.15) is 0 Å². The van der Waals surface area contributed by atoms with Gasteiger partial charge in [-0.15, -0.1) is 0 Å². The predicted octanol–water partition coefficient (Wildman–Crippen LogP) is 3.23. The van der Waals surface area contributed by atoms with Gasteiger partial charge in [-0.25, -0.2) is 0 Å². The number of hydrogen-bond acceptors (Lipinski definition) is 3. The Balaban J connectivity index is 2.17. The molecule has 2 rings (SSSR count). The Morgan fingerprint density at radius 1 is 1.24 bits per heavy atom. The van der Waals surface area contributed by atoms with Gasteiger partial charge in [-0.05, 0) is 31.4 Å². The molecular formula is C18H30N2O. The molecule has 0 radical (unpaired) electrons. The first-order valence-corrected chi connectivity index (χ1v) is 8.34. The molecule has 21 heavy (non-hydrogen) atoms. The maximum absolute atomic E-state index is 5.33. The van der Waals surface area contributed by atoms with Crippen molar-refractivity contribution in [3.05, 3.63) is 35.9 Å². The van der Waals surface area contributed by atoms with Crippen molar-refractivity contribution in [3.8, 4) is 0 Å². The lowest BCUT2D eigenvalue weighted by atomic mass is 9.95. The highest BCUT2D eigenvalue weighted by molar-refractivity contribution is 5.21. The molecule has 0 aliphatic heterocycles. The largest absolute Gasteiger partial charge is 0.383 e. The second kappa shape index (κ2) is 8.52. The third kappa shape index (κ3) is 4.53. The zero-order valence-corrected chi connectivity index (χ0v) is 13.7. The molecule has 1 aromatic rings. The van der Waals surface area contributed by atoms with Crippen molar-refractivity contribution in [1.82, 2.24) is 10.2 Å². The highest BCUT2D eigenvalue weighted by Gasteiger charge is 2.36. The topological polar surface area (TPSA) is 24.5 Å². The van der Waals surface area contributed by atoms with Gasteiger partial charge in [0.2, 0.25) is 0 Å². The van der Waals surface area contributed by atoms with Crippen LogP contribution in [0.3, 0.4) is 0 Å². The van der Waals surface area contributed by atoms with E-state index in [-0.39, 0.29) is 0 Å². The first-order valence-electron chi connectivity index (χ1n) is 8.34. The van der Waals surface area contributed by atoms with E-state index >= 15 is 0 Å². The van der Waals surface area contributed by atoms with Crippen LogP contribution in [0.15, 0.2) is 30.3 Å². The SMILES string of the molecule is CCNC(c1ccccc1)C(CC)N(CCOC)C1CC1. The number of benzene rings is 1. The normalized spacial score (nSPS) is 17.9. The number of methoxy groups -OCH3 is 1. The molecule has 1 saturated carbocycles. The molecule has 0 bridgehead atoms. The van der Waals surface area contributed by atoms with Crippen LogP contribution in [0.2, 0.25) is 0 Å². The Bertz CT molecular complexity index is 391. The lowest BCUT2D eigenvalue weighted by Crippen LogP contribution is -2.47. The fourth-order valence-corrected chi connectivity index (χ4v) is 3.24. The van der Waals surface area contributed by atoms with E-state index in [1.807, 2.05) is 0 Å². The number of rotatable bonds is 10. The third-order valence-electron chi connectivity index (χ3n) is 4.38. The molecule has 2 unspecified atom stereocenters. The molecule has 1 aromatic carbocycles. The zero-order chi connectivity index (χ0) is 15.1. The Morgan fingerprint density at radius 3 is 2.48 bits per heavy atom. The van der Waals surface area contributed by atoms with E-state index in [1.54, 1.807) is 7.11 Å². The summed E-state index contributed by atoms with van der Waals surface area (Å²) in [5, 5.41) is 3.71. The fraction of sp³-hybridized carbons (Fsp3) is 0.667. The van der Waals surface area contributed by atoms with E-state index in [0.717, 1.165) is 32.2 Å². The average Bonchev–Trinajstić information content (AvgIpc) is 3.35. The molecule has 1 aliphatic rings. The van der Waals surface area contributed by atoms with Gasteiger partial charge in [0.1, 0.15) is 0 Å². The molecule has 0 heterocycles. The zero-order valence-electron chi connectivity index (χ0n) is 13.7. The molecular weight excluding hydrogens is 260 g/mol. The first kappa shape index (κ1) is 16.5. The number of nitrogens with zero attached hydrogens (tertiary/aromatic N) is 1. The Hall–Kier alpha value is -0.900. The van der Waals surface area contributed by atoms with Crippen LogP contribution in [0.4, 0.5) is 0 Å². The lowest BCUT2D eigenvalue weighted by Gasteiger charge is -2.37. The quantitative estimate of drug-likeness (QED) is 0.716. The number of hydrogen-bond donors (Lipinski definition) is 1. The monoisotopic (exact) mass is 290 g/mol. The second-order valence-corrected chi connectivity index (χ2v) is 5.88. The van der Waals surface area contributed by atoms with Gasteiger partial charge in [-0.3, -0.25) is 4.90 Å². The van der Waals surface area contributed by atoms with Crippen molar-refractivity contribution >= 4 is 0 Å². The van der Waals surface area contributed by atoms with Crippen LogP contribution in [0.5, 0.6) is 0 Å². The summed E-state index contributed by atoms with van der Waals surface area (Å²) in [6.07, 6.45) is 3.84. The molecule has 0 aromatic heterocycles. The fourth-order valence-electron chi connectivity index (χ4n) is 3.24. The molecule has 0 spiro atoms. The molecule has 3 nitrogen and oxygen atoms in total. The summed E-state index contributed by atoms with van der Waals surface area (Å²) < 4.78 is 5.33. The minimum atomic E-state index is 0.402. The van der Waals surface area contributed by atoms with Crippen molar-refractivity contribution in [1.29, 1.82) is 0 Å². The molecule has 0 amide bonds. The summed E-state index contributed by atoms with van der Waals surface area (Å²) in [7, 11) is 1.80. The minimum Gasteiger partial charge on any atom is -0.383 e.